The molecule has 1 rings (SSSR count). The van der Waals surface area contributed by atoms with Crippen LogP contribution in [0.15, 0.2) is 18.2 Å². The third-order valence-electron chi connectivity index (χ3n) is 2.03. The molecule has 0 aliphatic rings. The SMILES string of the molecule is Cc1ccc(F)cc1NC(=O)CCC(=O)[O-]. The highest BCUT2D eigenvalue weighted by Crippen LogP contribution is 2.16. The summed E-state index contributed by atoms with van der Waals surface area (Å²) in [6, 6.07) is 4.00. The predicted molar refractivity (Wildman–Crippen MR) is 54.0 cm³/mol. The van der Waals surface area contributed by atoms with Crippen LogP contribution in [0.1, 0.15) is 18.4 Å². The van der Waals surface area contributed by atoms with Crippen molar-refractivity contribution in [2.75, 3.05) is 5.32 Å². The van der Waals surface area contributed by atoms with Gasteiger partial charge in [0.2, 0.25) is 5.91 Å². The van der Waals surface area contributed by atoms with Gasteiger partial charge in [0, 0.05) is 18.1 Å². The fourth-order valence-electron chi connectivity index (χ4n) is 1.16. The summed E-state index contributed by atoms with van der Waals surface area (Å²) in [6.45, 7) is 1.72. The van der Waals surface area contributed by atoms with Gasteiger partial charge in [0.25, 0.3) is 0 Å². The van der Waals surface area contributed by atoms with Gasteiger partial charge in [-0.3, -0.25) is 4.79 Å². The fourth-order valence-corrected chi connectivity index (χ4v) is 1.16. The summed E-state index contributed by atoms with van der Waals surface area (Å²) in [7, 11) is 0. The van der Waals surface area contributed by atoms with Gasteiger partial charge >= 0.3 is 0 Å². The van der Waals surface area contributed by atoms with Crippen LogP contribution in [0, 0.1) is 12.7 Å². The zero-order valence-corrected chi connectivity index (χ0v) is 8.75. The quantitative estimate of drug-likeness (QED) is 0.814. The number of carboxylic acid groups (broad SMARTS) is 1. The van der Waals surface area contributed by atoms with E-state index in [1.807, 2.05) is 0 Å². The van der Waals surface area contributed by atoms with Crippen LogP contribution in [0.25, 0.3) is 0 Å². The maximum absolute atomic E-state index is 12.9. The highest BCUT2D eigenvalue weighted by atomic mass is 19.1. The molecule has 4 nitrogen and oxygen atoms in total. The van der Waals surface area contributed by atoms with E-state index in [0.29, 0.717) is 11.3 Å². The van der Waals surface area contributed by atoms with Gasteiger partial charge in [-0.2, -0.15) is 0 Å². The van der Waals surface area contributed by atoms with Crippen LogP contribution in [-0.4, -0.2) is 11.9 Å². The lowest BCUT2D eigenvalue weighted by Gasteiger charge is -2.08. The maximum atomic E-state index is 12.9. The molecular weight excluding hydrogens is 213 g/mol. The molecule has 1 N–H and O–H groups in total. The molecule has 0 radical (unpaired) electrons. The lowest BCUT2D eigenvalue weighted by molar-refractivity contribution is -0.305. The Bertz CT molecular complexity index is 418. The third-order valence-corrected chi connectivity index (χ3v) is 2.03. The topological polar surface area (TPSA) is 69.2 Å². The number of hydrogen-bond acceptors (Lipinski definition) is 3. The zero-order chi connectivity index (χ0) is 12.1. The van der Waals surface area contributed by atoms with Crippen LogP contribution in [0.2, 0.25) is 0 Å². The molecule has 0 spiro atoms. The summed E-state index contributed by atoms with van der Waals surface area (Å²) in [6.07, 6.45) is -0.529. The molecule has 0 aromatic heterocycles. The smallest absolute Gasteiger partial charge is 0.224 e. The fraction of sp³-hybridized carbons (Fsp3) is 0.273. The van der Waals surface area contributed by atoms with Gasteiger partial charge in [-0.1, -0.05) is 6.07 Å². The third kappa shape index (κ3) is 3.68. The van der Waals surface area contributed by atoms with E-state index in [4.69, 9.17) is 0 Å². The molecule has 0 aliphatic carbocycles. The highest BCUT2D eigenvalue weighted by molar-refractivity contribution is 5.92. The lowest BCUT2D eigenvalue weighted by atomic mass is 10.2. The molecule has 0 atom stereocenters. The van der Waals surface area contributed by atoms with Crippen LogP contribution in [-0.2, 0) is 9.59 Å². The Hall–Kier alpha value is -1.91. The molecule has 0 saturated carbocycles. The minimum Gasteiger partial charge on any atom is -0.550 e. The van der Waals surface area contributed by atoms with Crippen LogP contribution in [0.4, 0.5) is 10.1 Å². The van der Waals surface area contributed by atoms with Crippen molar-refractivity contribution in [3.8, 4) is 0 Å². The Kier molecular flexibility index (Phi) is 3.99. The Balaban J connectivity index is 2.62. The first-order valence-electron chi connectivity index (χ1n) is 4.75. The second-order valence-electron chi connectivity index (χ2n) is 3.38. The van der Waals surface area contributed by atoms with Crippen LogP contribution in [0.3, 0.4) is 0 Å². The van der Waals surface area contributed by atoms with E-state index in [1.165, 1.54) is 18.2 Å². The largest absolute Gasteiger partial charge is 0.550 e. The molecule has 16 heavy (non-hydrogen) atoms. The number of carbonyl (C=O) groups excluding carboxylic acids is 2. The van der Waals surface area contributed by atoms with E-state index in [2.05, 4.69) is 5.32 Å². The second-order valence-corrected chi connectivity index (χ2v) is 3.38. The van der Waals surface area contributed by atoms with Gasteiger partial charge < -0.3 is 15.2 Å². The summed E-state index contributed by atoms with van der Waals surface area (Å²) in [5, 5.41) is 12.6. The number of carboxylic acids is 1. The van der Waals surface area contributed by atoms with Crippen LogP contribution in [0.5, 0.6) is 0 Å². The van der Waals surface area contributed by atoms with Gasteiger partial charge in [-0.15, -0.1) is 0 Å². The number of hydrogen-bond donors (Lipinski definition) is 1. The van der Waals surface area contributed by atoms with E-state index in [9.17, 15) is 19.1 Å². The number of carbonyl (C=O) groups is 2. The van der Waals surface area contributed by atoms with Crippen molar-refractivity contribution in [3.63, 3.8) is 0 Å². The Morgan fingerprint density at radius 1 is 1.38 bits per heavy atom. The van der Waals surface area contributed by atoms with Crippen molar-refractivity contribution in [3.05, 3.63) is 29.6 Å². The lowest BCUT2D eigenvalue weighted by Crippen LogP contribution is -2.24. The summed E-state index contributed by atoms with van der Waals surface area (Å²) in [5.41, 5.74) is 1.06. The number of nitrogens with one attached hydrogen (secondary N) is 1. The molecule has 1 amide bonds. The van der Waals surface area contributed by atoms with E-state index >= 15 is 0 Å². The first kappa shape index (κ1) is 12.2. The zero-order valence-electron chi connectivity index (χ0n) is 8.75. The number of benzene rings is 1. The number of amides is 1. The summed E-state index contributed by atoms with van der Waals surface area (Å²) in [5.74, 6) is -2.22. The van der Waals surface area contributed by atoms with Crippen molar-refractivity contribution in [1.29, 1.82) is 0 Å². The number of aryl methyl sites for hydroxylation is 1. The molecule has 1 aromatic rings. The van der Waals surface area contributed by atoms with Gasteiger partial charge in [0.05, 0.1) is 0 Å². The van der Waals surface area contributed by atoms with Crippen LogP contribution < -0.4 is 10.4 Å². The van der Waals surface area contributed by atoms with Gasteiger partial charge in [0.1, 0.15) is 5.82 Å². The monoisotopic (exact) mass is 224 g/mol. The Morgan fingerprint density at radius 3 is 2.69 bits per heavy atom. The van der Waals surface area contributed by atoms with Crippen molar-refractivity contribution in [2.24, 2.45) is 0 Å². The van der Waals surface area contributed by atoms with E-state index in [0.717, 1.165) is 0 Å². The molecular formula is C11H11FNO3-. The average Bonchev–Trinajstić information content (AvgIpc) is 2.20. The van der Waals surface area contributed by atoms with Crippen molar-refractivity contribution in [2.45, 2.75) is 19.8 Å². The van der Waals surface area contributed by atoms with E-state index in [1.54, 1.807) is 6.92 Å². The molecule has 0 bridgehead atoms. The predicted octanol–water partition coefficient (Wildman–Crippen LogP) is 0.603. The number of anilines is 1. The van der Waals surface area contributed by atoms with Gasteiger partial charge in [0.15, 0.2) is 0 Å². The Morgan fingerprint density at radius 2 is 2.06 bits per heavy atom. The number of aliphatic carboxylic acids is 1. The minimum absolute atomic E-state index is 0.182. The standard InChI is InChI=1S/C11H12FNO3/c1-7-2-3-8(12)6-9(7)13-10(14)4-5-11(15)16/h2-3,6H,4-5H2,1H3,(H,13,14)(H,15,16)/p-1. The van der Waals surface area contributed by atoms with E-state index < -0.39 is 17.7 Å². The van der Waals surface area contributed by atoms with Crippen molar-refractivity contribution in [1.82, 2.24) is 0 Å². The summed E-state index contributed by atoms with van der Waals surface area (Å²) < 4.78 is 12.9. The summed E-state index contributed by atoms with van der Waals surface area (Å²) in [4.78, 5) is 21.4. The highest BCUT2D eigenvalue weighted by Gasteiger charge is 2.05. The Labute approximate surface area is 92.1 Å². The van der Waals surface area contributed by atoms with E-state index in [-0.39, 0.29) is 12.8 Å². The molecule has 0 unspecified atom stereocenters. The van der Waals surface area contributed by atoms with Gasteiger partial charge in [-0.25, -0.2) is 4.39 Å². The van der Waals surface area contributed by atoms with Crippen molar-refractivity contribution < 1.29 is 19.1 Å². The van der Waals surface area contributed by atoms with Crippen molar-refractivity contribution >= 4 is 17.6 Å². The number of rotatable bonds is 4. The molecule has 1 aromatic carbocycles. The van der Waals surface area contributed by atoms with Gasteiger partial charge in [-0.05, 0) is 31.0 Å². The normalized spacial score (nSPS) is 9.88. The molecule has 5 heteroatoms. The molecule has 86 valence electrons. The molecule has 0 saturated heterocycles. The van der Waals surface area contributed by atoms with Crippen LogP contribution >= 0.6 is 0 Å². The maximum Gasteiger partial charge on any atom is 0.224 e. The first-order valence-corrected chi connectivity index (χ1v) is 4.75. The minimum atomic E-state index is -1.29. The molecule has 0 heterocycles. The second kappa shape index (κ2) is 5.25. The number of halogens is 1. The molecule has 0 fully saturated rings. The molecule has 0 aliphatic heterocycles. The summed E-state index contributed by atoms with van der Waals surface area (Å²) >= 11 is 0. The average molecular weight is 224 g/mol. The first-order chi connectivity index (χ1) is 7.49.